The number of anilines is 1. The minimum Gasteiger partial charge on any atom is -0.368 e. The Bertz CT molecular complexity index is 500. The second-order valence-corrected chi connectivity index (χ2v) is 6.18. The van der Waals surface area contributed by atoms with Gasteiger partial charge in [-0.05, 0) is 31.4 Å². The fraction of sp³-hybridized carbons (Fsp3) is 0.562. The zero-order valence-corrected chi connectivity index (χ0v) is 13.0. The average molecular weight is 308 g/mol. The van der Waals surface area contributed by atoms with Gasteiger partial charge in [-0.3, -0.25) is 9.69 Å². The Hall–Kier alpha value is -1.26. The molecule has 2 fully saturated rings. The van der Waals surface area contributed by atoms with Crippen molar-refractivity contribution in [2.75, 3.05) is 37.6 Å². The predicted octanol–water partition coefficient (Wildman–Crippen LogP) is 2.13. The van der Waals surface area contributed by atoms with E-state index in [1.165, 1.54) is 0 Å². The van der Waals surface area contributed by atoms with E-state index in [0.717, 1.165) is 62.7 Å². The highest BCUT2D eigenvalue weighted by Crippen LogP contribution is 2.26. The van der Waals surface area contributed by atoms with Crippen molar-refractivity contribution < 1.29 is 4.79 Å². The number of hydrogen-bond donors (Lipinski definition) is 1. The van der Waals surface area contributed by atoms with E-state index in [0.29, 0.717) is 0 Å². The van der Waals surface area contributed by atoms with Gasteiger partial charge < -0.3 is 10.2 Å². The average Bonchev–Trinajstić information content (AvgIpc) is 2.73. The van der Waals surface area contributed by atoms with E-state index < -0.39 is 0 Å². The summed E-state index contributed by atoms with van der Waals surface area (Å²) in [4.78, 5) is 16.8. The number of carbonyl (C=O) groups is 1. The van der Waals surface area contributed by atoms with Crippen molar-refractivity contribution in [1.29, 1.82) is 0 Å². The van der Waals surface area contributed by atoms with Gasteiger partial charge >= 0.3 is 0 Å². The molecule has 1 aromatic carbocycles. The molecule has 114 valence electrons. The summed E-state index contributed by atoms with van der Waals surface area (Å²) in [5, 5.41) is 3.83. The second kappa shape index (κ2) is 6.67. The van der Waals surface area contributed by atoms with Crippen molar-refractivity contribution in [2.45, 2.75) is 25.3 Å². The first kappa shape index (κ1) is 14.7. The molecule has 4 nitrogen and oxygen atoms in total. The third-order valence-electron chi connectivity index (χ3n) is 4.45. The summed E-state index contributed by atoms with van der Waals surface area (Å²) in [6, 6.07) is 8.03. The summed E-state index contributed by atoms with van der Waals surface area (Å²) in [5.74, 6) is 0.207. The van der Waals surface area contributed by atoms with Crippen molar-refractivity contribution in [3.63, 3.8) is 0 Å². The molecule has 0 aliphatic carbocycles. The molecule has 1 amide bonds. The molecule has 0 saturated carbocycles. The van der Waals surface area contributed by atoms with E-state index in [-0.39, 0.29) is 11.9 Å². The molecule has 1 N–H and O–H groups in total. The highest BCUT2D eigenvalue weighted by Gasteiger charge is 2.30. The number of rotatable bonds is 2. The number of hydrogen-bond acceptors (Lipinski definition) is 3. The molecule has 0 unspecified atom stereocenters. The summed E-state index contributed by atoms with van der Waals surface area (Å²) >= 11 is 6.27. The van der Waals surface area contributed by atoms with Gasteiger partial charge in [0.1, 0.15) is 0 Å². The molecule has 0 spiro atoms. The molecule has 1 atom stereocenters. The van der Waals surface area contributed by atoms with E-state index in [9.17, 15) is 4.79 Å². The molecule has 1 aromatic rings. The van der Waals surface area contributed by atoms with Crippen molar-refractivity contribution in [1.82, 2.24) is 10.2 Å². The van der Waals surface area contributed by atoms with Crippen LogP contribution in [-0.4, -0.2) is 49.6 Å². The zero-order chi connectivity index (χ0) is 14.7. The Kier molecular flexibility index (Phi) is 4.66. The Morgan fingerprint density at radius 3 is 2.62 bits per heavy atom. The van der Waals surface area contributed by atoms with Gasteiger partial charge in [0, 0.05) is 32.7 Å². The maximum absolute atomic E-state index is 12.1. The van der Waals surface area contributed by atoms with Crippen LogP contribution in [-0.2, 0) is 4.79 Å². The molecule has 2 heterocycles. The molecule has 0 radical (unpaired) electrons. The summed E-state index contributed by atoms with van der Waals surface area (Å²) in [6.45, 7) is 4.52. The Morgan fingerprint density at radius 1 is 1.10 bits per heavy atom. The Balaban J connectivity index is 1.62. The van der Waals surface area contributed by atoms with Crippen LogP contribution >= 0.6 is 11.6 Å². The van der Waals surface area contributed by atoms with Gasteiger partial charge in [-0.15, -0.1) is 0 Å². The summed E-state index contributed by atoms with van der Waals surface area (Å²) in [6.07, 6.45) is 3.22. The third kappa shape index (κ3) is 3.33. The Morgan fingerprint density at radius 2 is 1.86 bits per heavy atom. The fourth-order valence-electron chi connectivity index (χ4n) is 3.25. The largest absolute Gasteiger partial charge is 0.368 e. The highest BCUT2D eigenvalue weighted by atomic mass is 35.5. The van der Waals surface area contributed by atoms with Crippen molar-refractivity contribution in [3.05, 3.63) is 29.3 Å². The molecule has 0 aromatic heterocycles. The van der Waals surface area contributed by atoms with E-state index in [4.69, 9.17) is 11.6 Å². The topological polar surface area (TPSA) is 35.6 Å². The maximum atomic E-state index is 12.1. The van der Waals surface area contributed by atoms with Crippen LogP contribution in [0.3, 0.4) is 0 Å². The van der Waals surface area contributed by atoms with Crippen LogP contribution in [0, 0.1) is 0 Å². The lowest BCUT2D eigenvalue weighted by molar-refractivity contribution is -0.126. The van der Waals surface area contributed by atoms with Crippen LogP contribution in [0.2, 0.25) is 5.02 Å². The molecular formula is C16H22ClN3O. The van der Waals surface area contributed by atoms with Crippen molar-refractivity contribution in [2.24, 2.45) is 0 Å². The first-order valence-corrected chi connectivity index (χ1v) is 8.15. The third-order valence-corrected chi connectivity index (χ3v) is 4.77. The molecule has 5 heteroatoms. The van der Waals surface area contributed by atoms with Gasteiger partial charge in [-0.25, -0.2) is 0 Å². The number of nitrogens with one attached hydrogen (secondary N) is 1. The van der Waals surface area contributed by atoms with Crippen molar-refractivity contribution in [3.8, 4) is 0 Å². The van der Waals surface area contributed by atoms with Gasteiger partial charge in [0.25, 0.3) is 0 Å². The van der Waals surface area contributed by atoms with Crippen LogP contribution < -0.4 is 10.2 Å². The lowest BCUT2D eigenvalue weighted by atomic mass is 10.1. The molecule has 3 rings (SSSR count). The van der Waals surface area contributed by atoms with Crippen LogP contribution in [0.25, 0.3) is 0 Å². The molecular weight excluding hydrogens is 286 g/mol. The van der Waals surface area contributed by atoms with E-state index in [1.54, 1.807) is 0 Å². The number of para-hydroxylation sites is 1. The van der Waals surface area contributed by atoms with Crippen LogP contribution in [0.5, 0.6) is 0 Å². The SMILES string of the molecule is O=C1NCCCC[C@H]1N1CCN(c2ccccc2Cl)CC1. The lowest BCUT2D eigenvalue weighted by Gasteiger charge is -2.39. The van der Waals surface area contributed by atoms with Gasteiger partial charge in [0.15, 0.2) is 0 Å². The molecule has 2 saturated heterocycles. The number of amides is 1. The quantitative estimate of drug-likeness (QED) is 0.909. The van der Waals surface area contributed by atoms with Crippen LogP contribution in [0.4, 0.5) is 5.69 Å². The maximum Gasteiger partial charge on any atom is 0.237 e. The van der Waals surface area contributed by atoms with Gasteiger partial charge in [0.05, 0.1) is 16.8 Å². The minimum atomic E-state index is 0.0564. The summed E-state index contributed by atoms with van der Waals surface area (Å²) < 4.78 is 0. The zero-order valence-electron chi connectivity index (χ0n) is 12.2. The number of halogens is 1. The highest BCUT2D eigenvalue weighted by molar-refractivity contribution is 6.33. The van der Waals surface area contributed by atoms with Crippen LogP contribution in [0.1, 0.15) is 19.3 Å². The monoisotopic (exact) mass is 307 g/mol. The molecule has 2 aliphatic rings. The number of benzene rings is 1. The first-order valence-electron chi connectivity index (χ1n) is 7.77. The predicted molar refractivity (Wildman–Crippen MR) is 85.9 cm³/mol. The summed E-state index contributed by atoms with van der Waals surface area (Å²) in [7, 11) is 0. The standard InChI is InChI=1S/C16H22ClN3O/c17-13-5-1-2-6-14(13)19-9-11-20(12-10-19)15-7-3-4-8-18-16(15)21/h1-2,5-6,15H,3-4,7-12H2,(H,18,21)/t15-/m1/s1. The normalized spacial score (nSPS) is 24.5. The van der Waals surface area contributed by atoms with Crippen LogP contribution in [0.15, 0.2) is 24.3 Å². The number of carbonyl (C=O) groups excluding carboxylic acids is 1. The second-order valence-electron chi connectivity index (χ2n) is 5.78. The number of nitrogens with zero attached hydrogens (tertiary/aromatic N) is 2. The van der Waals surface area contributed by atoms with Gasteiger partial charge in [0.2, 0.25) is 5.91 Å². The fourth-order valence-corrected chi connectivity index (χ4v) is 3.51. The van der Waals surface area contributed by atoms with E-state index >= 15 is 0 Å². The van der Waals surface area contributed by atoms with Gasteiger partial charge in [-0.1, -0.05) is 23.7 Å². The van der Waals surface area contributed by atoms with Gasteiger partial charge in [-0.2, -0.15) is 0 Å². The Labute approximate surface area is 131 Å². The molecule has 2 aliphatic heterocycles. The minimum absolute atomic E-state index is 0.0564. The van der Waals surface area contributed by atoms with Crippen molar-refractivity contribution >= 4 is 23.2 Å². The molecule has 0 bridgehead atoms. The van der Waals surface area contributed by atoms with E-state index in [2.05, 4.69) is 21.2 Å². The molecule has 21 heavy (non-hydrogen) atoms. The summed E-state index contributed by atoms with van der Waals surface area (Å²) in [5.41, 5.74) is 1.10. The smallest absolute Gasteiger partial charge is 0.237 e. The van der Waals surface area contributed by atoms with E-state index in [1.807, 2.05) is 18.2 Å². The lowest BCUT2D eigenvalue weighted by Crippen LogP contribution is -2.54. The first-order chi connectivity index (χ1) is 10.3. The number of piperazine rings is 1.